The van der Waals surface area contributed by atoms with Gasteiger partial charge in [-0.3, -0.25) is 37.3 Å². The third-order valence-electron chi connectivity index (χ3n) is 16.3. The molecule has 90 heavy (non-hydrogen) atoms. The Morgan fingerprint density at radius 1 is 0.278 bits per heavy atom. The molecule has 0 bridgehead atoms. The summed E-state index contributed by atoms with van der Waals surface area (Å²) in [4.78, 5) is 72.5. The standard InChI is InChI=1S/C71H138O17P2/c1-61(2)47-39-31-23-18-14-10-9-11-16-20-26-37-45-53-71(76)88-67(58-82-69(74)52-44-36-30-29-34-42-50-64(7)8)60-86-90(79,80)84-56-65(72)55-83-89(77,78)85-59-66(57-81-68(73)51-43-35-28-22-25-33-41-49-63(5)6)87-70(75)54-46-38-27-21-17-13-12-15-19-24-32-40-48-62(3)4/h61-67,72H,9-60H2,1-8H3,(H,77,78)(H,79,80)/t65?,66-,67-/m1/s1. The molecule has 0 radical (unpaired) electrons. The van der Waals surface area contributed by atoms with E-state index in [1.165, 1.54) is 141 Å². The minimum Gasteiger partial charge on any atom is -0.462 e. The molecule has 534 valence electrons. The van der Waals surface area contributed by atoms with Crippen LogP contribution in [0.2, 0.25) is 0 Å². The van der Waals surface area contributed by atoms with Crippen LogP contribution >= 0.6 is 15.6 Å². The molecule has 0 saturated heterocycles. The van der Waals surface area contributed by atoms with E-state index in [0.29, 0.717) is 37.5 Å². The van der Waals surface area contributed by atoms with Crippen molar-refractivity contribution >= 4 is 39.5 Å². The van der Waals surface area contributed by atoms with E-state index in [2.05, 4.69) is 55.4 Å². The third-order valence-corrected chi connectivity index (χ3v) is 18.2. The van der Waals surface area contributed by atoms with E-state index in [4.69, 9.17) is 37.0 Å². The van der Waals surface area contributed by atoms with Gasteiger partial charge < -0.3 is 33.8 Å². The molecule has 0 aromatic rings. The maximum Gasteiger partial charge on any atom is 0.472 e. The first-order valence-corrected chi connectivity index (χ1v) is 39.7. The zero-order valence-corrected chi connectivity index (χ0v) is 60.6. The van der Waals surface area contributed by atoms with Crippen molar-refractivity contribution in [2.75, 3.05) is 39.6 Å². The first-order valence-electron chi connectivity index (χ1n) is 36.7. The van der Waals surface area contributed by atoms with E-state index < -0.39 is 97.5 Å². The minimum absolute atomic E-state index is 0.105. The number of carbonyl (C=O) groups excluding carboxylic acids is 4. The number of hydrogen-bond acceptors (Lipinski definition) is 15. The fourth-order valence-electron chi connectivity index (χ4n) is 10.7. The Labute approximate surface area is 549 Å². The molecule has 5 atom stereocenters. The molecule has 0 aromatic heterocycles. The van der Waals surface area contributed by atoms with Gasteiger partial charge in [0.25, 0.3) is 0 Å². The van der Waals surface area contributed by atoms with E-state index in [0.717, 1.165) is 115 Å². The van der Waals surface area contributed by atoms with E-state index in [1.54, 1.807) is 0 Å². The number of hydrogen-bond donors (Lipinski definition) is 3. The number of rotatable bonds is 68. The molecule has 3 N–H and O–H groups in total. The highest BCUT2D eigenvalue weighted by molar-refractivity contribution is 7.47. The van der Waals surface area contributed by atoms with E-state index in [9.17, 15) is 43.2 Å². The summed E-state index contributed by atoms with van der Waals surface area (Å²) in [7, 11) is -9.90. The largest absolute Gasteiger partial charge is 0.472 e. The van der Waals surface area contributed by atoms with Crippen molar-refractivity contribution in [1.82, 2.24) is 0 Å². The Bertz CT molecular complexity index is 1780. The van der Waals surface area contributed by atoms with Crippen LogP contribution in [0, 0.1) is 23.7 Å². The molecule has 0 saturated carbocycles. The summed E-state index contributed by atoms with van der Waals surface area (Å²) in [6.45, 7) is 14.0. The Morgan fingerprint density at radius 3 is 0.689 bits per heavy atom. The molecular weight excluding hydrogens is 1190 g/mol. The Kier molecular flexibility index (Phi) is 59.4. The van der Waals surface area contributed by atoms with Gasteiger partial charge in [-0.15, -0.1) is 0 Å². The fraction of sp³-hybridized carbons (Fsp3) is 0.944. The van der Waals surface area contributed by atoms with Gasteiger partial charge in [-0.25, -0.2) is 9.13 Å². The van der Waals surface area contributed by atoms with Crippen LogP contribution in [-0.4, -0.2) is 96.7 Å². The molecule has 17 nitrogen and oxygen atoms in total. The van der Waals surface area contributed by atoms with Crippen molar-refractivity contribution in [3.8, 4) is 0 Å². The number of unbranched alkanes of at least 4 members (excludes halogenated alkanes) is 34. The third kappa shape index (κ3) is 64.8. The van der Waals surface area contributed by atoms with Crippen molar-refractivity contribution < 1.29 is 80.2 Å². The summed E-state index contributed by atoms with van der Waals surface area (Å²) in [5, 5.41) is 10.6. The lowest BCUT2D eigenvalue weighted by molar-refractivity contribution is -0.161. The molecule has 0 spiro atoms. The molecule has 19 heteroatoms. The van der Waals surface area contributed by atoms with E-state index in [1.807, 2.05) is 0 Å². The molecule has 0 amide bonds. The van der Waals surface area contributed by atoms with Gasteiger partial charge in [0.05, 0.1) is 26.4 Å². The highest BCUT2D eigenvalue weighted by Crippen LogP contribution is 2.45. The predicted molar refractivity (Wildman–Crippen MR) is 363 cm³/mol. The van der Waals surface area contributed by atoms with E-state index in [-0.39, 0.29) is 25.7 Å². The average molecular weight is 1330 g/mol. The van der Waals surface area contributed by atoms with Crippen LogP contribution < -0.4 is 0 Å². The molecule has 0 aliphatic rings. The number of phosphoric acid groups is 2. The highest BCUT2D eigenvalue weighted by atomic mass is 31.2. The summed E-state index contributed by atoms with van der Waals surface area (Å²) < 4.78 is 68.3. The van der Waals surface area contributed by atoms with Gasteiger partial charge in [-0.1, -0.05) is 299 Å². The lowest BCUT2D eigenvalue weighted by Crippen LogP contribution is -2.30. The van der Waals surface area contributed by atoms with Gasteiger partial charge in [-0.2, -0.15) is 0 Å². The van der Waals surface area contributed by atoms with Gasteiger partial charge >= 0.3 is 39.5 Å². The molecule has 0 aliphatic heterocycles. The molecule has 0 aliphatic carbocycles. The van der Waals surface area contributed by atoms with Crippen LogP contribution in [0.5, 0.6) is 0 Å². The fourth-order valence-corrected chi connectivity index (χ4v) is 12.2. The molecule has 0 aromatic carbocycles. The van der Waals surface area contributed by atoms with Gasteiger partial charge in [0.15, 0.2) is 12.2 Å². The SMILES string of the molecule is CC(C)CCCCCCCCCCCCCCCC(=O)O[C@H](COC(=O)CCCCCCCCC(C)C)COP(=O)(O)OCC(O)COP(=O)(O)OC[C@@H](COC(=O)CCCCCCCCCC(C)C)OC(=O)CCCCCCCCCCCCCCC(C)C. The maximum absolute atomic E-state index is 13.0. The molecule has 0 heterocycles. The number of carbonyl (C=O) groups is 4. The minimum atomic E-state index is -4.95. The highest BCUT2D eigenvalue weighted by Gasteiger charge is 2.30. The van der Waals surface area contributed by atoms with Crippen LogP contribution in [0.4, 0.5) is 0 Å². The topological polar surface area (TPSA) is 237 Å². The number of aliphatic hydroxyl groups excluding tert-OH is 1. The van der Waals surface area contributed by atoms with Crippen LogP contribution in [0.1, 0.15) is 351 Å². The van der Waals surface area contributed by atoms with Crippen LogP contribution in [0.3, 0.4) is 0 Å². The zero-order chi connectivity index (χ0) is 66.8. The van der Waals surface area contributed by atoms with E-state index >= 15 is 0 Å². The Morgan fingerprint density at radius 2 is 0.467 bits per heavy atom. The molecule has 0 rings (SSSR count). The lowest BCUT2D eigenvalue weighted by Gasteiger charge is -2.21. The van der Waals surface area contributed by atoms with Crippen LogP contribution in [-0.2, 0) is 65.4 Å². The second kappa shape index (κ2) is 60.7. The predicted octanol–water partition coefficient (Wildman–Crippen LogP) is 20.1. The van der Waals surface area contributed by atoms with Crippen LogP contribution in [0.25, 0.3) is 0 Å². The smallest absolute Gasteiger partial charge is 0.462 e. The number of ether oxygens (including phenoxy) is 4. The normalized spacial score (nSPS) is 14.3. The molecular formula is C71H138O17P2. The summed E-state index contributed by atoms with van der Waals surface area (Å²) in [5.41, 5.74) is 0. The van der Waals surface area contributed by atoms with Crippen molar-refractivity contribution in [3.63, 3.8) is 0 Å². The maximum atomic E-state index is 13.0. The van der Waals surface area contributed by atoms with Gasteiger partial charge in [0.1, 0.15) is 19.3 Å². The monoisotopic (exact) mass is 1320 g/mol. The summed E-state index contributed by atoms with van der Waals surface area (Å²) in [6.07, 6.45) is 43.3. The molecule has 3 unspecified atom stereocenters. The first-order chi connectivity index (χ1) is 43.1. The van der Waals surface area contributed by atoms with Crippen molar-refractivity contribution in [2.24, 2.45) is 23.7 Å². The summed E-state index contributed by atoms with van der Waals surface area (Å²) in [6, 6.07) is 0. The second-order valence-corrected chi connectivity index (χ2v) is 30.4. The van der Waals surface area contributed by atoms with Gasteiger partial charge in [-0.05, 0) is 49.4 Å². The Hall–Kier alpha value is -1.94. The average Bonchev–Trinajstić information content (AvgIpc) is 3.64. The lowest BCUT2D eigenvalue weighted by atomic mass is 10.0. The number of esters is 4. The number of aliphatic hydroxyl groups is 1. The van der Waals surface area contributed by atoms with Gasteiger partial charge in [0, 0.05) is 25.7 Å². The summed E-state index contributed by atoms with van der Waals surface area (Å²) in [5.74, 6) is 0.818. The first kappa shape index (κ1) is 88.1. The quantitative estimate of drug-likeness (QED) is 0.0222. The number of phosphoric ester groups is 2. The van der Waals surface area contributed by atoms with Gasteiger partial charge in [0.2, 0.25) is 0 Å². The van der Waals surface area contributed by atoms with Crippen molar-refractivity contribution in [2.45, 2.75) is 369 Å². The molecule has 0 fully saturated rings. The summed E-state index contributed by atoms with van der Waals surface area (Å²) >= 11 is 0. The van der Waals surface area contributed by atoms with Crippen LogP contribution in [0.15, 0.2) is 0 Å². The zero-order valence-electron chi connectivity index (χ0n) is 58.8. The second-order valence-electron chi connectivity index (χ2n) is 27.5. The Balaban J connectivity index is 5.22. The van der Waals surface area contributed by atoms with Crippen molar-refractivity contribution in [1.29, 1.82) is 0 Å². The van der Waals surface area contributed by atoms with Crippen molar-refractivity contribution in [3.05, 3.63) is 0 Å².